The lowest BCUT2D eigenvalue weighted by atomic mass is 10.0. The van der Waals surface area contributed by atoms with Crippen molar-refractivity contribution in [1.29, 1.82) is 0 Å². The Morgan fingerprint density at radius 3 is 2.41 bits per heavy atom. The summed E-state index contributed by atoms with van der Waals surface area (Å²) in [5.74, 6) is -0.316. The van der Waals surface area contributed by atoms with Crippen LogP contribution in [0.15, 0.2) is 76.9 Å². The van der Waals surface area contributed by atoms with E-state index < -0.39 is 0 Å². The van der Waals surface area contributed by atoms with Crippen molar-refractivity contribution in [1.82, 2.24) is 15.1 Å². The Kier molecular flexibility index (Phi) is 4.56. The molecule has 0 aliphatic carbocycles. The molecule has 6 heteroatoms. The second-order valence-corrected chi connectivity index (χ2v) is 7.13. The minimum Gasteiger partial charge on any atom is -0.339 e. The molecule has 0 saturated heterocycles. The Morgan fingerprint density at radius 1 is 1.00 bits per heavy atom. The highest BCUT2D eigenvalue weighted by molar-refractivity contribution is 7.10. The zero-order valence-corrected chi connectivity index (χ0v) is 15.4. The van der Waals surface area contributed by atoms with Crippen molar-refractivity contribution in [2.75, 3.05) is 0 Å². The van der Waals surface area contributed by atoms with Gasteiger partial charge in [0.25, 0.3) is 11.5 Å². The third-order valence-corrected chi connectivity index (χ3v) is 5.34. The van der Waals surface area contributed by atoms with Crippen LogP contribution in [0.3, 0.4) is 0 Å². The number of aryl methyl sites for hydroxylation is 1. The minimum atomic E-state index is -0.316. The Labute approximate surface area is 159 Å². The van der Waals surface area contributed by atoms with Crippen LogP contribution in [-0.2, 0) is 7.05 Å². The van der Waals surface area contributed by atoms with Gasteiger partial charge in [-0.1, -0.05) is 54.6 Å². The van der Waals surface area contributed by atoms with E-state index in [2.05, 4.69) is 10.4 Å². The van der Waals surface area contributed by atoms with Gasteiger partial charge in [-0.05, 0) is 23.1 Å². The monoisotopic (exact) mass is 375 g/mol. The maximum atomic E-state index is 13.1. The quantitative estimate of drug-likeness (QED) is 0.594. The second kappa shape index (κ2) is 7.17. The van der Waals surface area contributed by atoms with E-state index in [9.17, 15) is 9.59 Å². The summed E-state index contributed by atoms with van der Waals surface area (Å²) < 4.78 is 1.21. The zero-order valence-electron chi connectivity index (χ0n) is 14.6. The molecule has 0 fully saturated rings. The molecule has 0 aliphatic rings. The fourth-order valence-corrected chi connectivity index (χ4v) is 3.89. The van der Waals surface area contributed by atoms with Crippen LogP contribution in [0, 0.1) is 0 Å². The predicted molar refractivity (Wildman–Crippen MR) is 107 cm³/mol. The molecular weight excluding hydrogens is 358 g/mol. The SMILES string of the molecule is Cn1nc(C(=O)N[C@H](c2ccccc2)c2cccs2)c2ccccc2c1=O. The van der Waals surface area contributed by atoms with Crippen LogP contribution in [-0.4, -0.2) is 15.7 Å². The summed E-state index contributed by atoms with van der Waals surface area (Å²) >= 11 is 1.58. The second-order valence-electron chi connectivity index (χ2n) is 6.16. The molecule has 5 nitrogen and oxygen atoms in total. The number of amides is 1. The predicted octanol–water partition coefficient (Wildman–Crippen LogP) is 3.51. The highest BCUT2D eigenvalue weighted by Crippen LogP contribution is 2.26. The normalized spacial score (nSPS) is 12.0. The summed E-state index contributed by atoms with van der Waals surface area (Å²) in [6.07, 6.45) is 0. The summed E-state index contributed by atoms with van der Waals surface area (Å²) in [6, 6.07) is 20.5. The van der Waals surface area contributed by atoms with E-state index in [4.69, 9.17) is 0 Å². The van der Waals surface area contributed by atoms with Crippen molar-refractivity contribution in [2.24, 2.45) is 7.05 Å². The van der Waals surface area contributed by atoms with E-state index in [1.807, 2.05) is 47.8 Å². The van der Waals surface area contributed by atoms with Gasteiger partial charge < -0.3 is 5.32 Å². The molecule has 0 saturated carbocycles. The van der Waals surface area contributed by atoms with Gasteiger partial charge >= 0.3 is 0 Å². The number of hydrogen-bond acceptors (Lipinski definition) is 4. The number of aromatic nitrogens is 2. The first-order valence-electron chi connectivity index (χ1n) is 8.50. The summed E-state index contributed by atoms with van der Waals surface area (Å²) in [6.45, 7) is 0. The molecular formula is C21H17N3O2S. The van der Waals surface area contributed by atoms with Crippen LogP contribution >= 0.6 is 11.3 Å². The molecule has 0 radical (unpaired) electrons. The Hall–Kier alpha value is -3.25. The lowest BCUT2D eigenvalue weighted by molar-refractivity contribution is 0.0938. The van der Waals surface area contributed by atoms with Crippen molar-refractivity contribution in [2.45, 2.75) is 6.04 Å². The lowest BCUT2D eigenvalue weighted by Crippen LogP contribution is -2.32. The van der Waals surface area contributed by atoms with Crippen molar-refractivity contribution in [3.8, 4) is 0 Å². The molecule has 1 amide bonds. The number of carbonyl (C=O) groups excluding carboxylic acids is 1. The van der Waals surface area contributed by atoms with Gasteiger partial charge in [-0.25, -0.2) is 4.68 Å². The van der Waals surface area contributed by atoms with Gasteiger partial charge in [-0.3, -0.25) is 9.59 Å². The number of carbonyl (C=O) groups is 1. The van der Waals surface area contributed by atoms with E-state index in [0.29, 0.717) is 10.8 Å². The van der Waals surface area contributed by atoms with Crippen molar-refractivity contribution in [3.05, 3.63) is 98.6 Å². The highest BCUT2D eigenvalue weighted by atomic mass is 32.1. The fraction of sp³-hybridized carbons (Fsp3) is 0.0952. The van der Waals surface area contributed by atoms with E-state index in [0.717, 1.165) is 10.4 Å². The minimum absolute atomic E-state index is 0.222. The average Bonchev–Trinajstić information content (AvgIpc) is 3.24. The standard InChI is InChI=1S/C21H17N3O2S/c1-24-21(26)16-11-6-5-10-15(16)19(23-24)20(25)22-18(17-12-7-13-27-17)14-8-3-2-4-9-14/h2-13,18H,1H3,(H,22,25)/t18-/m1/s1. The van der Waals surface area contributed by atoms with Gasteiger partial charge in [0.2, 0.25) is 0 Å². The van der Waals surface area contributed by atoms with Gasteiger partial charge in [0.05, 0.1) is 11.4 Å². The molecule has 2 aromatic carbocycles. The van der Waals surface area contributed by atoms with Crippen LogP contribution < -0.4 is 10.9 Å². The number of rotatable bonds is 4. The highest BCUT2D eigenvalue weighted by Gasteiger charge is 2.22. The molecule has 4 aromatic rings. The van der Waals surface area contributed by atoms with Crippen LogP contribution in [0.25, 0.3) is 10.8 Å². The molecule has 0 bridgehead atoms. The van der Waals surface area contributed by atoms with Crippen LogP contribution in [0.4, 0.5) is 0 Å². The van der Waals surface area contributed by atoms with E-state index >= 15 is 0 Å². The molecule has 2 heterocycles. The molecule has 0 aliphatic heterocycles. The van der Waals surface area contributed by atoms with Crippen molar-refractivity contribution in [3.63, 3.8) is 0 Å². The topological polar surface area (TPSA) is 64.0 Å². The van der Waals surface area contributed by atoms with Gasteiger partial charge in [-0.15, -0.1) is 11.3 Å². The number of hydrogen-bond donors (Lipinski definition) is 1. The maximum absolute atomic E-state index is 13.1. The summed E-state index contributed by atoms with van der Waals surface area (Å²) in [7, 11) is 1.56. The molecule has 0 unspecified atom stereocenters. The number of thiophene rings is 1. The van der Waals surface area contributed by atoms with Crippen molar-refractivity contribution >= 4 is 28.0 Å². The fourth-order valence-electron chi connectivity index (χ4n) is 3.09. The number of nitrogens with zero attached hydrogens (tertiary/aromatic N) is 2. The van der Waals surface area contributed by atoms with Crippen molar-refractivity contribution < 1.29 is 4.79 Å². The van der Waals surface area contributed by atoms with E-state index in [-0.39, 0.29) is 23.2 Å². The Morgan fingerprint density at radius 2 is 1.70 bits per heavy atom. The third kappa shape index (κ3) is 3.27. The first kappa shape index (κ1) is 17.2. The number of fused-ring (bicyclic) bond motifs is 1. The van der Waals surface area contributed by atoms with Crippen LogP contribution in [0.5, 0.6) is 0 Å². The molecule has 1 atom stereocenters. The van der Waals surface area contributed by atoms with E-state index in [1.165, 1.54) is 4.68 Å². The van der Waals surface area contributed by atoms with Gasteiger partial charge in [0.1, 0.15) is 0 Å². The third-order valence-electron chi connectivity index (χ3n) is 4.41. The Bertz CT molecular complexity index is 1150. The first-order valence-corrected chi connectivity index (χ1v) is 9.38. The first-order chi connectivity index (χ1) is 13.1. The number of benzene rings is 2. The Balaban J connectivity index is 1.78. The molecule has 2 aromatic heterocycles. The molecule has 4 rings (SSSR count). The van der Waals surface area contributed by atoms with Crippen LogP contribution in [0.2, 0.25) is 0 Å². The zero-order chi connectivity index (χ0) is 18.8. The van der Waals surface area contributed by atoms with Gasteiger partial charge in [0.15, 0.2) is 5.69 Å². The molecule has 1 N–H and O–H groups in total. The molecule has 134 valence electrons. The van der Waals surface area contributed by atoms with Crippen LogP contribution in [0.1, 0.15) is 27.0 Å². The number of nitrogens with one attached hydrogen (secondary N) is 1. The summed E-state index contributed by atoms with van der Waals surface area (Å²) in [4.78, 5) is 26.5. The van der Waals surface area contributed by atoms with Gasteiger partial charge in [-0.2, -0.15) is 5.10 Å². The average molecular weight is 375 g/mol. The smallest absolute Gasteiger partial charge is 0.274 e. The van der Waals surface area contributed by atoms with Gasteiger partial charge in [0, 0.05) is 17.3 Å². The maximum Gasteiger partial charge on any atom is 0.274 e. The van der Waals surface area contributed by atoms with E-state index in [1.54, 1.807) is 42.6 Å². The largest absolute Gasteiger partial charge is 0.339 e. The lowest BCUT2D eigenvalue weighted by Gasteiger charge is -2.18. The summed E-state index contributed by atoms with van der Waals surface area (Å²) in [5.41, 5.74) is 1.01. The molecule has 0 spiro atoms. The molecule has 27 heavy (non-hydrogen) atoms. The summed E-state index contributed by atoms with van der Waals surface area (Å²) in [5, 5.41) is 10.3.